The quantitative estimate of drug-likeness (QED) is 0.0342. The highest BCUT2D eigenvalue weighted by atomic mass is 32.3. The molecule has 4 saturated carbocycles. The molecule has 0 aromatic heterocycles. The Kier molecular flexibility index (Phi) is 26.9. The van der Waals surface area contributed by atoms with Crippen LogP contribution in [0.4, 0.5) is 0 Å². The molecule has 0 saturated heterocycles. The fourth-order valence-corrected chi connectivity index (χ4v) is 11.9. The summed E-state index contributed by atoms with van der Waals surface area (Å²) < 4.78 is 37.0. The number of rotatable bonds is 28. The van der Waals surface area contributed by atoms with Crippen LogP contribution in [0, 0.1) is 35.5 Å². The molecular formula is C48H96N2O4S. The first-order valence-corrected chi connectivity index (χ1v) is 26.2. The lowest BCUT2D eigenvalue weighted by atomic mass is 9.85. The van der Waals surface area contributed by atoms with Crippen molar-refractivity contribution in [2.45, 2.75) is 221 Å². The number of unbranched alkanes of at least 4 members (excludes halogenated alkanes) is 8. The molecule has 0 N–H and O–H groups in total. The molecule has 6 atom stereocenters. The minimum atomic E-state index is -5.17. The highest BCUT2D eigenvalue weighted by molar-refractivity contribution is 7.79. The lowest BCUT2D eigenvalue weighted by molar-refractivity contribution is -0.929. The van der Waals surface area contributed by atoms with Crippen molar-refractivity contribution < 1.29 is 26.5 Å². The van der Waals surface area contributed by atoms with Gasteiger partial charge in [0.2, 0.25) is 0 Å². The van der Waals surface area contributed by atoms with Crippen molar-refractivity contribution in [3.8, 4) is 0 Å². The van der Waals surface area contributed by atoms with Gasteiger partial charge in [-0.05, 0) is 138 Å². The predicted molar refractivity (Wildman–Crippen MR) is 234 cm³/mol. The third kappa shape index (κ3) is 21.6. The summed E-state index contributed by atoms with van der Waals surface area (Å²) in [6.45, 7) is 25.8. The number of nitrogens with zero attached hydrogens (tertiary/aromatic N) is 2. The predicted octanol–water partition coefficient (Wildman–Crippen LogP) is 13.1. The Balaban J connectivity index is 0.000000338. The van der Waals surface area contributed by atoms with E-state index in [1.165, 1.54) is 177 Å². The second kappa shape index (κ2) is 29.1. The van der Waals surface area contributed by atoms with Crippen LogP contribution < -0.4 is 0 Å². The van der Waals surface area contributed by atoms with Gasteiger partial charge in [0.1, 0.15) is 0 Å². The zero-order valence-electron chi connectivity index (χ0n) is 37.9. The fraction of sp³-hybridized carbons (Fsp3) is 1.00. The Bertz CT molecular complexity index is 919. The standard InChI is InChI=1S/2C24H48N.H2O4S/c2*1-4-7-16-25(17-8-5-2,18-9-6-3)19-11-10-14-23-20-22-13-12-15-24(23)21-22;1-5(2,3)4/h2*22-24H,4-21H2,1-3H3;(H2,1,2,3,4)/q2*+1;/p-2. The summed E-state index contributed by atoms with van der Waals surface area (Å²) in [5, 5.41) is 0. The van der Waals surface area contributed by atoms with Crippen molar-refractivity contribution >= 4 is 10.4 Å². The smallest absolute Gasteiger partial charge is 0.0786 e. The van der Waals surface area contributed by atoms with Gasteiger partial charge in [-0.25, -0.2) is 0 Å². The second-order valence-corrected chi connectivity index (χ2v) is 20.4. The first kappa shape index (κ1) is 50.9. The third-order valence-electron chi connectivity index (χ3n) is 15.1. The Morgan fingerprint density at radius 2 is 0.691 bits per heavy atom. The molecule has 0 aromatic rings. The first-order chi connectivity index (χ1) is 26.5. The Labute approximate surface area is 344 Å². The molecule has 0 heterocycles. The SMILES string of the molecule is CCCC[N+](CCCC)(CCCC)CCCCC1CC2CCCC1C2.CCCC[N+](CCCC)(CCCC)CCCCC1CC2CCCC1C2.O=S(=O)([O-])[O-]. The van der Waals surface area contributed by atoms with Gasteiger partial charge in [0.25, 0.3) is 0 Å². The van der Waals surface area contributed by atoms with E-state index in [2.05, 4.69) is 41.5 Å². The van der Waals surface area contributed by atoms with Crippen LogP contribution in [-0.4, -0.2) is 78.8 Å². The molecule has 4 bridgehead atoms. The summed E-state index contributed by atoms with van der Waals surface area (Å²) in [4.78, 5) is 0. The minimum absolute atomic E-state index is 1.11. The van der Waals surface area contributed by atoms with E-state index in [-0.39, 0.29) is 0 Å². The maximum Gasteiger partial charge on any atom is 0.0786 e. The molecule has 6 unspecified atom stereocenters. The highest BCUT2D eigenvalue weighted by Crippen LogP contribution is 2.48. The molecule has 0 aliphatic heterocycles. The highest BCUT2D eigenvalue weighted by Gasteiger charge is 2.37. The lowest BCUT2D eigenvalue weighted by Crippen LogP contribution is -2.50. The summed E-state index contributed by atoms with van der Waals surface area (Å²) in [5.41, 5.74) is 0. The van der Waals surface area contributed by atoms with E-state index in [0.717, 1.165) is 35.5 Å². The fourth-order valence-electron chi connectivity index (χ4n) is 11.9. The van der Waals surface area contributed by atoms with Crippen molar-refractivity contribution in [2.24, 2.45) is 35.5 Å². The summed E-state index contributed by atoms with van der Waals surface area (Å²) in [6, 6.07) is 0. The van der Waals surface area contributed by atoms with Crippen LogP contribution in [0.2, 0.25) is 0 Å². The van der Waals surface area contributed by atoms with E-state index in [9.17, 15) is 0 Å². The van der Waals surface area contributed by atoms with Crippen molar-refractivity contribution in [2.75, 3.05) is 52.4 Å². The molecule has 4 aliphatic carbocycles. The van der Waals surface area contributed by atoms with Gasteiger partial charge in [0, 0.05) is 10.4 Å². The largest absolute Gasteiger partial charge is 0.759 e. The topological polar surface area (TPSA) is 80.3 Å². The Morgan fingerprint density at radius 3 is 0.945 bits per heavy atom. The van der Waals surface area contributed by atoms with Crippen LogP contribution in [0.5, 0.6) is 0 Å². The van der Waals surface area contributed by atoms with Crippen LogP contribution >= 0.6 is 0 Å². The summed E-state index contributed by atoms with van der Waals surface area (Å²) >= 11 is 0. The van der Waals surface area contributed by atoms with Gasteiger partial charge in [-0.3, -0.25) is 8.42 Å². The minimum Gasteiger partial charge on any atom is -0.759 e. The van der Waals surface area contributed by atoms with Crippen molar-refractivity contribution in [3.05, 3.63) is 0 Å². The van der Waals surface area contributed by atoms with Gasteiger partial charge >= 0.3 is 0 Å². The Morgan fingerprint density at radius 1 is 0.418 bits per heavy atom. The molecule has 0 spiro atoms. The average Bonchev–Trinajstić information content (AvgIpc) is 3.61. The maximum atomic E-state index is 8.52. The molecule has 4 aliphatic rings. The number of quaternary nitrogens is 2. The van der Waals surface area contributed by atoms with E-state index >= 15 is 0 Å². The molecule has 4 rings (SSSR count). The van der Waals surface area contributed by atoms with E-state index in [4.69, 9.17) is 17.5 Å². The monoisotopic (exact) mass is 797 g/mol. The first-order valence-electron chi connectivity index (χ1n) is 24.8. The third-order valence-corrected chi connectivity index (χ3v) is 15.1. The lowest BCUT2D eigenvalue weighted by Gasteiger charge is -2.39. The normalized spacial score (nSPS) is 24.9. The molecular weight excluding hydrogens is 701 g/mol. The molecule has 328 valence electrons. The molecule has 0 aromatic carbocycles. The van der Waals surface area contributed by atoms with Crippen LogP contribution in [0.25, 0.3) is 0 Å². The molecule has 7 heteroatoms. The van der Waals surface area contributed by atoms with Crippen molar-refractivity contribution in [1.82, 2.24) is 0 Å². The van der Waals surface area contributed by atoms with E-state index < -0.39 is 10.4 Å². The molecule has 4 fully saturated rings. The maximum absolute atomic E-state index is 8.52. The van der Waals surface area contributed by atoms with Gasteiger partial charge in [0.15, 0.2) is 0 Å². The van der Waals surface area contributed by atoms with Crippen LogP contribution in [0.1, 0.15) is 221 Å². The summed E-state index contributed by atoms with van der Waals surface area (Å²) in [6.07, 6.45) is 41.5. The number of hydrogen-bond donors (Lipinski definition) is 0. The summed E-state index contributed by atoms with van der Waals surface area (Å²) in [7, 11) is -5.17. The zero-order chi connectivity index (χ0) is 40.4. The van der Waals surface area contributed by atoms with E-state index in [1.807, 2.05) is 0 Å². The number of fused-ring (bicyclic) bond motifs is 4. The average molecular weight is 797 g/mol. The second-order valence-electron chi connectivity index (χ2n) is 19.6. The molecule has 6 nitrogen and oxygen atoms in total. The zero-order valence-corrected chi connectivity index (χ0v) is 38.7. The van der Waals surface area contributed by atoms with E-state index in [0.29, 0.717) is 0 Å². The van der Waals surface area contributed by atoms with Gasteiger partial charge in [-0.2, -0.15) is 0 Å². The molecule has 0 amide bonds. The molecule has 55 heavy (non-hydrogen) atoms. The van der Waals surface area contributed by atoms with Gasteiger partial charge < -0.3 is 18.1 Å². The van der Waals surface area contributed by atoms with Crippen molar-refractivity contribution in [3.63, 3.8) is 0 Å². The van der Waals surface area contributed by atoms with E-state index in [1.54, 1.807) is 64.2 Å². The summed E-state index contributed by atoms with van der Waals surface area (Å²) in [5.74, 6) is 6.71. The van der Waals surface area contributed by atoms with Crippen LogP contribution in [-0.2, 0) is 10.4 Å². The van der Waals surface area contributed by atoms with Crippen molar-refractivity contribution in [1.29, 1.82) is 0 Å². The van der Waals surface area contributed by atoms with Crippen LogP contribution in [0.15, 0.2) is 0 Å². The van der Waals surface area contributed by atoms with Gasteiger partial charge in [-0.15, -0.1) is 0 Å². The molecule has 0 radical (unpaired) electrons. The van der Waals surface area contributed by atoms with Crippen LogP contribution in [0.3, 0.4) is 0 Å². The number of hydrogen-bond acceptors (Lipinski definition) is 4. The van der Waals surface area contributed by atoms with Gasteiger partial charge in [0.05, 0.1) is 52.4 Å². The van der Waals surface area contributed by atoms with Gasteiger partial charge in [-0.1, -0.05) is 119 Å². The Hall–Kier alpha value is -0.210.